The number of fused-ring (bicyclic) bond motifs is 10. The largest absolute Gasteiger partial charge is 0.393 e. The highest BCUT2D eigenvalue weighted by atomic mass is 16.3. The number of aliphatic hydroxyl groups excluding tert-OH is 2. The lowest BCUT2D eigenvalue weighted by Crippen LogP contribution is -2.53. The highest BCUT2D eigenvalue weighted by Gasteiger charge is 2.61. The molecule has 0 aliphatic heterocycles. The van der Waals surface area contributed by atoms with Gasteiger partial charge in [0.15, 0.2) is 5.78 Å². The van der Waals surface area contributed by atoms with Gasteiger partial charge < -0.3 is 10.2 Å². The van der Waals surface area contributed by atoms with Crippen molar-refractivity contribution in [2.75, 3.05) is 0 Å². The fourth-order valence-electron chi connectivity index (χ4n) is 16.4. The lowest BCUT2D eigenvalue weighted by molar-refractivity contribution is -0.135. The zero-order valence-electron chi connectivity index (χ0n) is 38.7. The standard InChI is InChI=1S/C27H44O2.C27H44O/c1-17(2)7-6-8-18(3)21-9-10-22-25-23(12-14-27(21,22)5)26(4)13-11-20(28)15-19(26)16-24(25)29;1-18(2)7-6-8-19(3)23-11-12-24-22-10-9-20-17-21(28)13-15-26(20,4)25(22)14-16-27(23,24)5/h16-18,20-23,25,28H,6-15H2,1-5H3;9-10,18-19,21,23-25,28H,6-8,11-17H2,1-5H3/t18?,20-,21?,22?,23?,25?,26?,27?;19?,21-,23?,24?,25?,26?,27?/m00/s1. The van der Waals surface area contributed by atoms with Crippen LogP contribution in [0.4, 0.5) is 0 Å². The van der Waals surface area contributed by atoms with Crippen LogP contribution in [-0.2, 0) is 4.79 Å². The predicted octanol–water partition coefficient (Wildman–Crippen LogP) is 13.9. The lowest BCUT2D eigenvalue weighted by atomic mass is 9.46. The maximum absolute atomic E-state index is 13.4. The normalized spacial score (nSPS) is 44.6. The molecule has 8 aliphatic carbocycles. The summed E-state index contributed by atoms with van der Waals surface area (Å²) in [4.78, 5) is 13.4. The summed E-state index contributed by atoms with van der Waals surface area (Å²) >= 11 is 0. The maximum atomic E-state index is 13.4. The number of hydrogen-bond acceptors (Lipinski definition) is 3. The molecule has 0 heterocycles. The van der Waals surface area contributed by atoms with Crippen LogP contribution in [0.25, 0.3) is 0 Å². The second-order valence-electron chi connectivity index (χ2n) is 24.0. The Hall–Kier alpha value is -1.19. The second-order valence-corrected chi connectivity index (χ2v) is 24.0. The van der Waals surface area contributed by atoms with Crippen molar-refractivity contribution in [3.63, 3.8) is 0 Å². The number of carbonyl (C=O) groups excluding carboxylic acids is 1. The molecule has 13 unspecified atom stereocenters. The molecule has 0 saturated heterocycles. The van der Waals surface area contributed by atoms with Crippen LogP contribution in [0.5, 0.6) is 0 Å². The minimum Gasteiger partial charge on any atom is -0.393 e. The van der Waals surface area contributed by atoms with Gasteiger partial charge in [0.2, 0.25) is 0 Å². The smallest absolute Gasteiger partial charge is 0.159 e. The highest BCUT2D eigenvalue weighted by molar-refractivity contribution is 5.94. The van der Waals surface area contributed by atoms with E-state index in [1.807, 2.05) is 6.08 Å². The summed E-state index contributed by atoms with van der Waals surface area (Å²) in [5.41, 5.74) is 5.96. The molecule has 0 radical (unpaired) electrons. The molecule has 0 aromatic heterocycles. The number of ketones is 1. The molecule has 57 heavy (non-hydrogen) atoms. The number of allylic oxidation sites excluding steroid dienone is 4. The SMILES string of the molecule is CC(C)CCCC(C)C1CCC2C3=CC=C4C[C@@H](O)CCC4(C)C3CCC21C.CC(C)CCCC(C)C1CCC2C3C(=O)C=C4C[C@@H](O)CCC4(C)C3CCC12C. The van der Waals surface area contributed by atoms with Crippen LogP contribution < -0.4 is 0 Å². The van der Waals surface area contributed by atoms with Crippen LogP contribution in [0.3, 0.4) is 0 Å². The molecule has 6 saturated carbocycles. The predicted molar refractivity (Wildman–Crippen MR) is 238 cm³/mol. The number of carbonyl (C=O) groups is 1. The highest BCUT2D eigenvalue weighted by Crippen LogP contribution is 2.68. The molecule has 15 atom stereocenters. The molecule has 322 valence electrons. The number of rotatable bonds is 10. The van der Waals surface area contributed by atoms with Crippen LogP contribution in [0.1, 0.15) is 198 Å². The third-order valence-electron chi connectivity index (χ3n) is 19.9. The minimum absolute atomic E-state index is 0.106. The van der Waals surface area contributed by atoms with Gasteiger partial charge in [-0.05, 0) is 177 Å². The third kappa shape index (κ3) is 8.05. The van der Waals surface area contributed by atoms with Crippen molar-refractivity contribution in [1.82, 2.24) is 0 Å². The van der Waals surface area contributed by atoms with E-state index < -0.39 is 0 Å². The Labute approximate surface area is 351 Å². The van der Waals surface area contributed by atoms with Crippen molar-refractivity contribution >= 4 is 5.78 Å². The van der Waals surface area contributed by atoms with E-state index in [2.05, 4.69) is 81.4 Å². The van der Waals surface area contributed by atoms with E-state index in [0.29, 0.717) is 33.9 Å². The van der Waals surface area contributed by atoms with Crippen molar-refractivity contribution in [2.45, 2.75) is 210 Å². The maximum Gasteiger partial charge on any atom is 0.159 e. The van der Waals surface area contributed by atoms with Gasteiger partial charge in [0.1, 0.15) is 0 Å². The van der Waals surface area contributed by atoms with Gasteiger partial charge in [0, 0.05) is 5.92 Å². The van der Waals surface area contributed by atoms with E-state index in [4.69, 9.17) is 0 Å². The molecule has 0 bridgehead atoms. The first-order valence-corrected chi connectivity index (χ1v) is 24.9. The van der Waals surface area contributed by atoms with E-state index in [9.17, 15) is 15.0 Å². The first-order valence-electron chi connectivity index (χ1n) is 24.9. The van der Waals surface area contributed by atoms with E-state index in [1.54, 1.807) is 11.1 Å². The van der Waals surface area contributed by atoms with Gasteiger partial charge in [-0.1, -0.05) is 137 Å². The van der Waals surface area contributed by atoms with Crippen LogP contribution in [-0.4, -0.2) is 28.2 Å². The average molecular weight is 785 g/mol. The van der Waals surface area contributed by atoms with Gasteiger partial charge in [0.05, 0.1) is 12.2 Å². The summed E-state index contributed by atoms with van der Waals surface area (Å²) in [6.07, 6.45) is 31.4. The third-order valence-corrected chi connectivity index (χ3v) is 19.9. The molecular weight excluding hydrogens is 697 g/mol. The Balaban J connectivity index is 0.000000174. The summed E-state index contributed by atoms with van der Waals surface area (Å²) in [6, 6.07) is 0. The molecule has 3 nitrogen and oxygen atoms in total. The summed E-state index contributed by atoms with van der Waals surface area (Å²) in [5, 5.41) is 20.4. The topological polar surface area (TPSA) is 57.5 Å². The Morgan fingerprint density at radius 1 is 0.579 bits per heavy atom. The van der Waals surface area contributed by atoms with Crippen LogP contribution in [0, 0.1) is 86.8 Å². The van der Waals surface area contributed by atoms with Crippen molar-refractivity contribution in [2.24, 2.45) is 86.8 Å². The molecule has 3 heteroatoms. The Morgan fingerprint density at radius 2 is 1.14 bits per heavy atom. The van der Waals surface area contributed by atoms with E-state index >= 15 is 0 Å². The zero-order chi connectivity index (χ0) is 41.1. The Kier molecular flexibility index (Phi) is 13.0. The molecule has 8 aliphatic rings. The molecule has 6 fully saturated rings. The molecule has 0 aromatic carbocycles. The molecule has 0 amide bonds. The van der Waals surface area contributed by atoms with Crippen molar-refractivity contribution in [3.05, 3.63) is 34.9 Å². The average Bonchev–Trinajstić information content (AvgIpc) is 3.69. The van der Waals surface area contributed by atoms with E-state index in [1.165, 1.54) is 102 Å². The van der Waals surface area contributed by atoms with Crippen molar-refractivity contribution in [1.29, 1.82) is 0 Å². The van der Waals surface area contributed by atoms with E-state index in [0.717, 1.165) is 79.4 Å². The fourth-order valence-corrected chi connectivity index (χ4v) is 16.4. The summed E-state index contributed by atoms with van der Waals surface area (Å²) in [7, 11) is 0. The van der Waals surface area contributed by atoms with Crippen LogP contribution >= 0.6 is 0 Å². The molecule has 0 spiro atoms. The van der Waals surface area contributed by atoms with Gasteiger partial charge in [-0.15, -0.1) is 0 Å². The summed E-state index contributed by atoms with van der Waals surface area (Å²) in [6.45, 7) is 24.6. The van der Waals surface area contributed by atoms with Crippen molar-refractivity contribution < 1.29 is 15.0 Å². The van der Waals surface area contributed by atoms with Crippen LogP contribution in [0.2, 0.25) is 0 Å². The van der Waals surface area contributed by atoms with Crippen LogP contribution in [0.15, 0.2) is 34.9 Å². The van der Waals surface area contributed by atoms with Crippen molar-refractivity contribution in [3.8, 4) is 0 Å². The second kappa shape index (κ2) is 16.9. The molecule has 0 aromatic rings. The van der Waals surface area contributed by atoms with Gasteiger partial charge in [0.25, 0.3) is 0 Å². The Bertz CT molecular complexity index is 1530. The number of aliphatic hydroxyl groups is 2. The minimum atomic E-state index is -0.241. The first kappa shape index (κ1) is 43.9. The van der Waals surface area contributed by atoms with Gasteiger partial charge in [-0.3, -0.25) is 4.79 Å². The zero-order valence-corrected chi connectivity index (χ0v) is 38.7. The quantitative estimate of drug-likeness (QED) is 0.232. The molecule has 2 N–H and O–H groups in total. The fraction of sp³-hybridized carbons (Fsp3) is 0.870. The Morgan fingerprint density at radius 3 is 1.77 bits per heavy atom. The summed E-state index contributed by atoms with van der Waals surface area (Å²) in [5.74, 6) is 8.30. The van der Waals surface area contributed by atoms with E-state index in [-0.39, 0.29) is 23.5 Å². The lowest BCUT2D eigenvalue weighted by Gasteiger charge is -2.57. The molecule has 8 rings (SSSR count). The monoisotopic (exact) mass is 785 g/mol. The van der Waals surface area contributed by atoms with Gasteiger partial charge >= 0.3 is 0 Å². The first-order chi connectivity index (χ1) is 26.9. The van der Waals surface area contributed by atoms with Gasteiger partial charge in [-0.2, -0.15) is 0 Å². The molecular formula is C54H88O3. The summed E-state index contributed by atoms with van der Waals surface area (Å²) < 4.78 is 0. The number of hydrogen-bond donors (Lipinski definition) is 2. The van der Waals surface area contributed by atoms with Gasteiger partial charge in [-0.25, -0.2) is 0 Å².